The molecule has 0 saturated carbocycles. The maximum atomic E-state index is 10.2. The summed E-state index contributed by atoms with van der Waals surface area (Å²) in [6.07, 6.45) is 0. The molecule has 2 rings (SSSR count). The zero-order valence-electron chi connectivity index (χ0n) is 12.5. The molecular weight excluding hydrogens is 248 g/mol. The van der Waals surface area contributed by atoms with Crippen molar-refractivity contribution in [2.24, 2.45) is 0 Å². The Balaban J connectivity index is 2.78. The van der Waals surface area contributed by atoms with Crippen LogP contribution >= 0.6 is 0 Å². The van der Waals surface area contributed by atoms with E-state index in [1.54, 1.807) is 12.1 Å². The smallest absolute Gasteiger partial charge is 0.123 e. The quantitative estimate of drug-likeness (QED) is 0.822. The second-order valence-corrected chi connectivity index (χ2v) is 5.79. The van der Waals surface area contributed by atoms with Crippen LogP contribution in [0.5, 0.6) is 11.5 Å². The maximum Gasteiger partial charge on any atom is 0.123 e. The van der Waals surface area contributed by atoms with Crippen molar-refractivity contribution in [1.29, 1.82) is 0 Å². The van der Waals surface area contributed by atoms with E-state index in [0.29, 0.717) is 5.75 Å². The van der Waals surface area contributed by atoms with Gasteiger partial charge in [0.1, 0.15) is 11.5 Å². The summed E-state index contributed by atoms with van der Waals surface area (Å²) >= 11 is 0. The lowest BCUT2D eigenvalue weighted by Gasteiger charge is -2.22. The Morgan fingerprint density at radius 3 is 1.80 bits per heavy atom. The Labute approximate surface area is 120 Å². The second kappa shape index (κ2) is 5.58. The molecule has 0 aliphatic rings. The van der Waals surface area contributed by atoms with Gasteiger partial charge in [-0.3, -0.25) is 0 Å². The number of hydrogen-bond donors (Lipinski definition) is 2. The molecule has 2 N–H and O–H groups in total. The molecule has 20 heavy (non-hydrogen) atoms. The number of benzene rings is 2. The van der Waals surface area contributed by atoms with Crippen LogP contribution in [0.2, 0.25) is 0 Å². The minimum absolute atomic E-state index is 0.234. The van der Waals surface area contributed by atoms with Gasteiger partial charge in [-0.05, 0) is 35.1 Å². The van der Waals surface area contributed by atoms with Crippen LogP contribution in [0.4, 0.5) is 0 Å². The van der Waals surface area contributed by atoms with Crippen LogP contribution in [-0.4, -0.2) is 10.2 Å². The highest BCUT2D eigenvalue weighted by Gasteiger charge is 2.20. The topological polar surface area (TPSA) is 40.5 Å². The molecule has 0 aliphatic carbocycles. The predicted octanol–water partition coefficient (Wildman–Crippen LogP) is 5.01. The number of phenolic OH excluding ortho intramolecular Hbond substituents is 2. The average Bonchev–Trinajstić information content (AvgIpc) is 2.38. The van der Waals surface area contributed by atoms with Gasteiger partial charge in [0.15, 0.2) is 0 Å². The van der Waals surface area contributed by atoms with Crippen LogP contribution in [0.1, 0.15) is 50.7 Å². The Morgan fingerprint density at radius 2 is 1.25 bits per heavy atom. The number of para-hydroxylation sites is 1. The molecule has 0 unspecified atom stereocenters. The van der Waals surface area contributed by atoms with Crippen LogP contribution in [-0.2, 0) is 0 Å². The Bertz CT molecular complexity index is 613. The van der Waals surface area contributed by atoms with Gasteiger partial charge >= 0.3 is 0 Å². The molecule has 2 nitrogen and oxygen atoms in total. The summed E-state index contributed by atoms with van der Waals surface area (Å²) in [4.78, 5) is 0. The molecule has 0 heterocycles. The van der Waals surface area contributed by atoms with Gasteiger partial charge in [-0.15, -0.1) is 0 Å². The highest BCUT2D eigenvalue weighted by molar-refractivity contribution is 5.76. The highest BCUT2D eigenvalue weighted by Crippen LogP contribution is 2.42. The van der Waals surface area contributed by atoms with Gasteiger partial charge in [0, 0.05) is 11.1 Å². The van der Waals surface area contributed by atoms with Crippen molar-refractivity contribution < 1.29 is 10.2 Å². The van der Waals surface area contributed by atoms with Crippen LogP contribution in [0.15, 0.2) is 36.4 Å². The van der Waals surface area contributed by atoms with Gasteiger partial charge in [0.25, 0.3) is 0 Å². The van der Waals surface area contributed by atoms with Crippen LogP contribution < -0.4 is 0 Å². The van der Waals surface area contributed by atoms with E-state index in [1.165, 1.54) is 0 Å². The van der Waals surface area contributed by atoms with Gasteiger partial charge in [-0.25, -0.2) is 0 Å². The van der Waals surface area contributed by atoms with Crippen molar-refractivity contribution >= 4 is 0 Å². The van der Waals surface area contributed by atoms with Gasteiger partial charge < -0.3 is 10.2 Å². The Kier molecular flexibility index (Phi) is 4.03. The van der Waals surface area contributed by atoms with E-state index in [9.17, 15) is 10.2 Å². The first-order chi connectivity index (χ1) is 9.43. The Morgan fingerprint density at radius 1 is 0.650 bits per heavy atom. The second-order valence-electron chi connectivity index (χ2n) is 5.79. The summed E-state index contributed by atoms with van der Waals surface area (Å²) in [5.41, 5.74) is 3.90. The van der Waals surface area contributed by atoms with Crippen molar-refractivity contribution in [1.82, 2.24) is 0 Å². The fraction of sp³-hybridized carbons (Fsp3) is 0.333. The Hall–Kier alpha value is -1.96. The molecule has 0 saturated heterocycles. The van der Waals surface area contributed by atoms with Gasteiger partial charge in [-0.2, -0.15) is 0 Å². The fourth-order valence-electron chi connectivity index (χ4n) is 2.79. The lowest BCUT2D eigenvalue weighted by molar-refractivity contribution is 0.462. The summed E-state index contributed by atoms with van der Waals surface area (Å²) in [6, 6.07) is 11.0. The predicted molar refractivity (Wildman–Crippen MR) is 83.4 cm³/mol. The van der Waals surface area contributed by atoms with Crippen LogP contribution in [0, 0.1) is 0 Å². The molecule has 0 atom stereocenters. The van der Waals surface area contributed by atoms with Crippen LogP contribution in [0.25, 0.3) is 11.1 Å². The van der Waals surface area contributed by atoms with Gasteiger partial charge in [0.05, 0.1) is 0 Å². The minimum Gasteiger partial charge on any atom is -0.508 e. The first-order valence-electron chi connectivity index (χ1n) is 7.07. The third-order valence-electron chi connectivity index (χ3n) is 3.61. The number of phenols is 2. The van der Waals surface area contributed by atoms with E-state index < -0.39 is 0 Å². The lowest BCUT2D eigenvalue weighted by Crippen LogP contribution is -2.02. The summed E-state index contributed by atoms with van der Waals surface area (Å²) in [7, 11) is 0. The monoisotopic (exact) mass is 270 g/mol. The van der Waals surface area contributed by atoms with Gasteiger partial charge in [0.2, 0.25) is 0 Å². The molecule has 2 aromatic carbocycles. The summed E-state index contributed by atoms with van der Waals surface area (Å²) in [5.74, 6) is 1.12. The SMILES string of the molecule is CC(C)c1c(O)ccc(-c2ccccc2O)c1C(C)C. The van der Waals surface area contributed by atoms with Gasteiger partial charge in [-0.1, -0.05) is 52.0 Å². The van der Waals surface area contributed by atoms with Crippen molar-refractivity contribution in [3.8, 4) is 22.6 Å². The average molecular weight is 270 g/mol. The van der Waals surface area contributed by atoms with Crippen molar-refractivity contribution in [2.75, 3.05) is 0 Å². The standard InChI is InChI=1S/C18H22O2/c1-11(2)17-14(13-7-5-6-8-15(13)19)9-10-16(20)18(17)12(3)4/h5-12,19-20H,1-4H3. The van der Waals surface area contributed by atoms with E-state index in [-0.39, 0.29) is 17.6 Å². The van der Waals surface area contributed by atoms with Crippen molar-refractivity contribution in [3.63, 3.8) is 0 Å². The molecule has 2 heteroatoms. The highest BCUT2D eigenvalue weighted by atomic mass is 16.3. The zero-order valence-corrected chi connectivity index (χ0v) is 12.5. The summed E-state index contributed by atoms with van der Waals surface area (Å²) < 4.78 is 0. The van der Waals surface area contributed by atoms with E-state index in [1.807, 2.05) is 24.3 Å². The molecule has 0 radical (unpaired) electrons. The van der Waals surface area contributed by atoms with Crippen molar-refractivity contribution in [2.45, 2.75) is 39.5 Å². The number of hydrogen-bond acceptors (Lipinski definition) is 2. The van der Waals surface area contributed by atoms with E-state index in [2.05, 4.69) is 27.7 Å². The first kappa shape index (κ1) is 14.4. The summed E-state index contributed by atoms with van der Waals surface area (Å²) in [6.45, 7) is 8.39. The molecule has 0 bridgehead atoms. The molecular formula is C18H22O2. The molecule has 0 aromatic heterocycles. The minimum atomic E-state index is 0.234. The van der Waals surface area contributed by atoms with Crippen molar-refractivity contribution in [3.05, 3.63) is 47.5 Å². The number of rotatable bonds is 3. The third-order valence-corrected chi connectivity index (χ3v) is 3.61. The molecule has 106 valence electrons. The number of aromatic hydroxyl groups is 2. The first-order valence-corrected chi connectivity index (χ1v) is 7.07. The summed E-state index contributed by atoms with van der Waals surface area (Å²) in [5, 5.41) is 20.3. The molecule has 0 aliphatic heterocycles. The molecule has 0 fully saturated rings. The zero-order chi connectivity index (χ0) is 14.9. The molecule has 0 spiro atoms. The van der Waals surface area contributed by atoms with Crippen LogP contribution in [0.3, 0.4) is 0 Å². The molecule has 0 amide bonds. The lowest BCUT2D eigenvalue weighted by atomic mass is 9.84. The van der Waals surface area contributed by atoms with E-state index >= 15 is 0 Å². The normalized spacial score (nSPS) is 11.3. The van der Waals surface area contributed by atoms with E-state index in [0.717, 1.165) is 22.3 Å². The largest absolute Gasteiger partial charge is 0.508 e. The maximum absolute atomic E-state index is 10.2. The third kappa shape index (κ3) is 2.51. The fourth-order valence-corrected chi connectivity index (χ4v) is 2.79. The molecule has 2 aromatic rings. The van der Waals surface area contributed by atoms with E-state index in [4.69, 9.17) is 0 Å².